The summed E-state index contributed by atoms with van der Waals surface area (Å²) in [6.07, 6.45) is 15.4. The number of fused-ring (bicyclic) bond motifs is 1. The lowest BCUT2D eigenvalue weighted by atomic mass is 10.2. The Hall–Kier alpha value is -1.33. The maximum atomic E-state index is 3.14. The maximum absolute atomic E-state index is 3.14. The van der Waals surface area contributed by atoms with E-state index in [0.717, 1.165) is 12.2 Å². The van der Waals surface area contributed by atoms with Gasteiger partial charge in [0, 0.05) is 12.3 Å². The lowest BCUT2D eigenvalue weighted by molar-refractivity contribution is 0.520. The molecule has 2 aliphatic rings. The molecule has 0 aromatic heterocycles. The zero-order chi connectivity index (χ0) is 6.81. The molecule has 0 amide bonds. The van der Waals surface area contributed by atoms with Crippen LogP contribution in [0.15, 0.2) is 42.3 Å². The fraction of sp³-hybridized carbons (Fsp3) is 0.111. The van der Waals surface area contributed by atoms with Crippen LogP contribution in [-0.2, 0) is 0 Å². The van der Waals surface area contributed by atoms with Crippen molar-refractivity contribution in [3.05, 3.63) is 48.4 Å². The van der Waals surface area contributed by atoms with E-state index in [4.69, 9.17) is 0 Å². The third kappa shape index (κ3) is 0.772. The van der Waals surface area contributed by atoms with Gasteiger partial charge in [-0.05, 0) is 12.2 Å². The van der Waals surface area contributed by atoms with E-state index in [1.54, 1.807) is 0 Å². The van der Waals surface area contributed by atoms with Crippen LogP contribution >= 0.6 is 0 Å². The molecule has 0 unspecified atom stereocenters. The molecule has 2 heterocycles. The van der Waals surface area contributed by atoms with Crippen LogP contribution < -0.4 is 0 Å². The number of nitrogens with zero attached hydrogens (tertiary/aromatic N) is 1. The van der Waals surface area contributed by atoms with E-state index in [1.807, 2.05) is 18.2 Å². The first-order valence-electron chi connectivity index (χ1n) is 3.37. The van der Waals surface area contributed by atoms with E-state index in [9.17, 15) is 0 Å². The highest BCUT2D eigenvalue weighted by atomic mass is 15.1. The number of rotatable bonds is 0. The minimum absolute atomic E-state index is 0.975. The first kappa shape index (κ1) is 5.45. The molecule has 0 radical (unpaired) electrons. The van der Waals surface area contributed by atoms with Crippen molar-refractivity contribution in [2.75, 3.05) is 6.54 Å². The van der Waals surface area contributed by atoms with Crippen LogP contribution in [0.4, 0.5) is 0 Å². The second-order valence-corrected chi connectivity index (χ2v) is 2.28. The van der Waals surface area contributed by atoms with E-state index in [1.165, 1.54) is 0 Å². The summed E-state index contributed by atoms with van der Waals surface area (Å²) in [7, 11) is 0. The van der Waals surface area contributed by atoms with Gasteiger partial charge in [0.1, 0.15) is 6.08 Å². The summed E-state index contributed by atoms with van der Waals surface area (Å²) in [5.74, 6) is 0. The number of hydrogen-bond donors (Lipinski definition) is 0. The van der Waals surface area contributed by atoms with Crippen molar-refractivity contribution in [1.29, 1.82) is 0 Å². The summed E-state index contributed by atoms with van der Waals surface area (Å²) in [6, 6.07) is 0. The van der Waals surface area contributed by atoms with Crippen LogP contribution in [0.5, 0.6) is 0 Å². The molecule has 2 rings (SSSR count). The van der Waals surface area contributed by atoms with Gasteiger partial charge in [-0.25, -0.2) is 0 Å². The Bertz CT molecular complexity index is 243. The van der Waals surface area contributed by atoms with Crippen molar-refractivity contribution in [3.63, 3.8) is 0 Å². The highest BCUT2D eigenvalue weighted by Gasteiger charge is 2.13. The normalized spacial score (nSPS) is 20.0. The van der Waals surface area contributed by atoms with Crippen molar-refractivity contribution >= 4 is 0 Å². The molecule has 0 fully saturated rings. The van der Waals surface area contributed by atoms with Crippen LogP contribution in [-0.4, -0.2) is 11.4 Å². The molecule has 0 aliphatic carbocycles. The summed E-state index contributed by atoms with van der Waals surface area (Å²) in [6.45, 7) is 0.975. The van der Waals surface area contributed by atoms with Crippen LogP contribution in [0, 0.1) is 6.08 Å². The van der Waals surface area contributed by atoms with E-state index >= 15 is 0 Å². The predicted octanol–water partition coefficient (Wildman–Crippen LogP) is 1.63. The van der Waals surface area contributed by atoms with Gasteiger partial charge in [-0.15, -0.1) is 0 Å². The molecule has 1 nitrogen and oxygen atoms in total. The Morgan fingerprint density at radius 2 is 2.40 bits per heavy atom. The van der Waals surface area contributed by atoms with Crippen molar-refractivity contribution in [2.24, 2.45) is 0 Å². The third-order valence-electron chi connectivity index (χ3n) is 1.59. The topological polar surface area (TPSA) is 3.24 Å². The van der Waals surface area contributed by atoms with Crippen molar-refractivity contribution in [3.8, 4) is 0 Å². The number of hydrogen-bond acceptors (Lipinski definition) is 1. The molecule has 48 valence electrons. The van der Waals surface area contributed by atoms with Crippen LogP contribution in [0.25, 0.3) is 0 Å². The average molecular weight is 130 g/mol. The molecule has 0 N–H and O–H groups in total. The molecule has 10 heavy (non-hydrogen) atoms. The molecule has 1 heteroatoms. The van der Waals surface area contributed by atoms with Gasteiger partial charge in [0.2, 0.25) is 5.70 Å². The van der Waals surface area contributed by atoms with Gasteiger partial charge < -0.3 is 4.90 Å². The Kier molecular flexibility index (Phi) is 1.16. The second-order valence-electron chi connectivity index (χ2n) is 2.28. The van der Waals surface area contributed by atoms with Gasteiger partial charge in [0.05, 0.1) is 18.7 Å². The van der Waals surface area contributed by atoms with Gasteiger partial charge in [0.25, 0.3) is 0 Å². The quantitative estimate of drug-likeness (QED) is 0.450. The van der Waals surface area contributed by atoms with Gasteiger partial charge >= 0.3 is 0 Å². The highest BCUT2D eigenvalue weighted by molar-refractivity contribution is 5.30. The Balaban J connectivity index is 2.34. The lowest BCUT2D eigenvalue weighted by Crippen LogP contribution is -2.18. The fourth-order valence-electron chi connectivity index (χ4n) is 1.08. The fourth-order valence-corrected chi connectivity index (χ4v) is 1.08. The lowest BCUT2D eigenvalue weighted by Gasteiger charge is -2.16. The Labute approximate surface area is 60.6 Å². The smallest absolute Gasteiger partial charge is 0.209 e. The van der Waals surface area contributed by atoms with E-state index in [-0.39, 0.29) is 0 Å². The monoisotopic (exact) mass is 130 g/mol. The summed E-state index contributed by atoms with van der Waals surface area (Å²) in [5, 5.41) is 0. The minimum atomic E-state index is 0.975. The molecule has 0 spiro atoms. The summed E-state index contributed by atoms with van der Waals surface area (Å²) in [5.41, 5.74) is 1.16. The zero-order valence-corrected chi connectivity index (χ0v) is 5.62. The van der Waals surface area contributed by atoms with Crippen LogP contribution in [0.1, 0.15) is 0 Å². The molecular formula is C9H8N+. The largest absolute Gasteiger partial charge is 0.303 e. The minimum Gasteiger partial charge on any atom is -0.303 e. The summed E-state index contributed by atoms with van der Waals surface area (Å²) in [4.78, 5) is 2.15. The third-order valence-corrected chi connectivity index (χ3v) is 1.59. The first-order valence-corrected chi connectivity index (χ1v) is 3.37. The van der Waals surface area contributed by atoms with E-state index < -0.39 is 0 Å². The molecule has 0 bridgehead atoms. The maximum Gasteiger partial charge on any atom is 0.209 e. The van der Waals surface area contributed by atoms with Gasteiger partial charge in [-0.3, -0.25) is 0 Å². The first-order chi connectivity index (χ1) is 4.97. The molecule has 0 saturated heterocycles. The van der Waals surface area contributed by atoms with E-state index in [0.29, 0.717) is 0 Å². The van der Waals surface area contributed by atoms with Gasteiger partial charge in [-0.1, -0.05) is 0 Å². The average Bonchev–Trinajstić information content (AvgIpc) is 2.05. The molecule has 2 aliphatic heterocycles. The van der Waals surface area contributed by atoms with Crippen molar-refractivity contribution < 1.29 is 0 Å². The molecular weight excluding hydrogens is 122 g/mol. The summed E-state index contributed by atoms with van der Waals surface area (Å²) < 4.78 is 0. The predicted molar refractivity (Wildman–Crippen MR) is 40.9 cm³/mol. The molecule has 0 saturated carbocycles. The molecule has 0 atom stereocenters. The van der Waals surface area contributed by atoms with Crippen LogP contribution in [0.3, 0.4) is 0 Å². The zero-order valence-electron chi connectivity index (χ0n) is 5.62. The van der Waals surface area contributed by atoms with Gasteiger partial charge in [0.15, 0.2) is 0 Å². The summed E-state index contributed by atoms with van der Waals surface area (Å²) >= 11 is 0. The van der Waals surface area contributed by atoms with E-state index in [2.05, 4.69) is 29.3 Å². The highest BCUT2D eigenvalue weighted by Crippen LogP contribution is 2.14. The second kappa shape index (κ2) is 2.13. The standard InChI is InChI=1S/C9H8N/c1-3-7-10-8-4-2-6-9(10)5-1/h1-5,7H,8H2/q+1. The van der Waals surface area contributed by atoms with Gasteiger partial charge in [-0.2, -0.15) is 0 Å². The Morgan fingerprint density at radius 3 is 3.30 bits per heavy atom. The van der Waals surface area contributed by atoms with Crippen molar-refractivity contribution in [2.45, 2.75) is 0 Å². The van der Waals surface area contributed by atoms with Crippen molar-refractivity contribution in [1.82, 2.24) is 4.90 Å². The number of allylic oxidation sites excluding steroid dienone is 5. The molecule has 0 aromatic carbocycles. The Morgan fingerprint density at radius 1 is 1.40 bits per heavy atom. The SMILES string of the molecule is [C+]1=C2C=CC=CN2CC=C1. The molecule has 0 aromatic rings. The van der Waals surface area contributed by atoms with Crippen LogP contribution in [0.2, 0.25) is 0 Å².